The molecular formula is C11H17N5O2S. The first-order chi connectivity index (χ1) is 9.02. The van der Waals surface area contributed by atoms with Gasteiger partial charge in [-0.1, -0.05) is 13.3 Å². The van der Waals surface area contributed by atoms with Crippen molar-refractivity contribution < 1.29 is 9.59 Å². The van der Waals surface area contributed by atoms with E-state index in [0.717, 1.165) is 11.6 Å². The molecule has 0 radical (unpaired) electrons. The van der Waals surface area contributed by atoms with Gasteiger partial charge in [-0.2, -0.15) is 4.37 Å². The third-order valence-corrected chi connectivity index (χ3v) is 3.75. The van der Waals surface area contributed by atoms with Crippen LogP contribution in [0.5, 0.6) is 0 Å². The highest BCUT2D eigenvalue weighted by Gasteiger charge is 2.37. The zero-order valence-corrected chi connectivity index (χ0v) is 12.0. The molecule has 1 atom stereocenters. The molecule has 0 spiro atoms. The molecule has 7 nitrogen and oxygen atoms in total. The third kappa shape index (κ3) is 2.83. The van der Waals surface area contributed by atoms with Gasteiger partial charge in [0.15, 0.2) is 5.82 Å². The number of rotatable bonds is 5. The van der Waals surface area contributed by atoms with Crippen LogP contribution in [-0.4, -0.2) is 46.3 Å². The molecule has 104 valence electrons. The van der Waals surface area contributed by atoms with Crippen LogP contribution in [-0.2, 0) is 11.3 Å². The van der Waals surface area contributed by atoms with Crippen LogP contribution in [0, 0.1) is 0 Å². The molecule has 1 saturated heterocycles. The van der Waals surface area contributed by atoms with Crippen LogP contribution < -0.4 is 10.2 Å². The van der Waals surface area contributed by atoms with Crippen molar-refractivity contribution in [1.29, 1.82) is 0 Å². The maximum Gasteiger partial charge on any atom is 0.325 e. The van der Waals surface area contributed by atoms with Gasteiger partial charge in [0.25, 0.3) is 5.91 Å². The van der Waals surface area contributed by atoms with E-state index < -0.39 is 6.04 Å². The summed E-state index contributed by atoms with van der Waals surface area (Å²) in [4.78, 5) is 31.1. The predicted molar refractivity (Wildman–Crippen MR) is 72.0 cm³/mol. The molecule has 1 aromatic rings. The number of urea groups is 1. The summed E-state index contributed by atoms with van der Waals surface area (Å²) in [6.45, 7) is 2.11. The number of amides is 3. The van der Waals surface area contributed by atoms with E-state index in [2.05, 4.69) is 14.7 Å². The van der Waals surface area contributed by atoms with Crippen LogP contribution in [0.2, 0.25) is 0 Å². The molecule has 1 aromatic heterocycles. The van der Waals surface area contributed by atoms with Gasteiger partial charge >= 0.3 is 6.03 Å². The van der Waals surface area contributed by atoms with Crippen LogP contribution in [0.3, 0.4) is 0 Å². The van der Waals surface area contributed by atoms with Crippen LogP contribution in [0.4, 0.5) is 9.93 Å². The molecule has 0 aliphatic carbocycles. The van der Waals surface area contributed by atoms with Crippen molar-refractivity contribution in [1.82, 2.24) is 19.6 Å². The van der Waals surface area contributed by atoms with Crippen LogP contribution >= 0.6 is 11.5 Å². The van der Waals surface area contributed by atoms with Gasteiger partial charge < -0.3 is 10.2 Å². The van der Waals surface area contributed by atoms with Crippen molar-refractivity contribution in [2.75, 3.05) is 19.0 Å². The second-order valence-electron chi connectivity index (χ2n) is 4.60. The molecule has 1 aliphatic heterocycles. The van der Waals surface area contributed by atoms with Crippen molar-refractivity contribution in [3.05, 3.63) is 5.82 Å². The maximum absolute atomic E-state index is 12.0. The lowest BCUT2D eigenvalue weighted by Crippen LogP contribution is -2.31. The van der Waals surface area contributed by atoms with Crippen molar-refractivity contribution in [2.45, 2.75) is 32.4 Å². The Kier molecular flexibility index (Phi) is 3.98. The Labute approximate surface area is 115 Å². The van der Waals surface area contributed by atoms with Gasteiger partial charge in [-0.15, -0.1) is 0 Å². The van der Waals surface area contributed by atoms with Gasteiger partial charge in [-0.3, -0.25) is 9.69 Å². The lowest BCUT2D eigenvalue weighted by Gasteiger charge is -2.10. The van der Waals surface area contributed by atoms with Gasteiger partial charge in [0, 0.05) is 25.6 Å². The summed E-state index contributed by atoms with van der Waals surface area (Å²) < 4.78 is 4.16. The van der Waals surface area contributed by atoms with E-state index in [9.17, 15) is 9.59 Å². The number of nitrogens with one attached hydrogen (secondary N) is 1. The molecule has 8 heteroatoms. The van der Waals surface area contributed by atoms with Crippen LogP contribution in [0.15, 0.2) is 0 Å². The largest absolute Gasteiger partial charge is 0.353 e. The summed E-state index contributed by atoms with van der Waals surface area (Å²) in [6, 6.07) is -0.755. The number of nitrogens with zero attached hydrogens (tertiary/aromatic N) is 4. The van der Waals surface area contributed by atoms with Gasteiger partial charge in [-0.05, 0) is 6.42 Å². The molecule has 0 saturated carbocycles. The number of carbonyl (C=O) groups is 2. The third-order valence-electron chi connectivity index (χ3n) is 2.82. The fourth-order valence-corrected chi connectivity index (χ4v) is 2.44. The van der Waals surface area contributed by atoms with Crippen molar-refractivity contribution in [2.24, 2.45) is 0 Å². The highest BCUT2D eigenvalue weighted by atomic mass is 32.1. The molecular weight excluding hydrogens is 266 g/mol. The summed E-state index contributed by atoms with van der Waals surface area (Å²) in [5, 5.41) is 3.44. The molecule has 2 heterocycles. The van der Waals surface area contributed by atoms with E-state index in [-0.39, 0.29) is 18.5 Å². The first-order valence-corrected chi connectivity index (χ1v) is 6.92. The number of hydrogen-bond donors (Lipinski definition) is 1. The number of anilines is 1. The van der Waals surface area contributed by atoms with E-state index in [1.165, 1.54) is 16.4 Å². The quantitative estimate of drug-likeness (QED) is 0.810. The van der Waals surface area contributed by atoms with Gasteiger partial charge in [0.05, 0.1) is 6.54 Å². The topological polar surface area (TPSA) is 78.4 Å². The van der Waals surface area contributed by atoms with Crippen LogP contribution in [0.25, 0.3) is 0 Å². The first-order valence-electron chi connectivity index (χ1n) is 6.14. The Morgan fingerprint density at radius 2 is 2.16 bits per heavy atom. The van der Waals surface area contributed by atoms with Gasteiger partial charge in [-0.25, -0.2) is 9.78 Å². The summed E-state index contributed by atoms with van der Waals surface area (Å²) in [6.07, 6.45) is 1.51. The zero-order chi connectivity index (χ0) is 14.0. The van der Waals surface area contributed by atoms with E-state index in [0.29, 0.717) is 12.2 Å². The fourth-order valence-electron chi connectivity index (χ4n) is 1.84. The maximum atomic E-state index is 12.0. The first kappa shape index (κ1) is 13.7. The molecule has 1 N–H and O–H groups in total. The Balaban J connectivity index is 2.05. The molecule has 3 amide bonds. The van der Waals surface area contributed by atoms with Gasteiger partial charge in [0.1, 0.15) is 6.04 Å². The summed E-state index contributed by atoms with van der Waals surface area (Å²) >= 11 is 1.25. The van der Waals surface area contributed by atoms with Gasteiger partial charge in [0.2, 0.25) is 5.13 Å². The fraction of sp³-hybridized carbons (Fsp3) is 0.636. The minimum absolute atomic E-state index is 0.134. The van der Waals surface area contributed by atoms with Crippen LogP contribution in [0.1, 0.15) is 25.6 Å². The minimum Gasteiger partial charge on any atom is -0.353 e. The zero-order valence-electron chi connectivity index (χ0n) is 11.2. The lowest BCUT2D eigenvalue weighted by atomic mass is 10.2. The normalized spacial score (nSPS) is 18.9. The SMILES string of the molecule is CCCC1NC(=O)N(Cc2nsc(N(C)C)n2)C1=O. The lowest BCUT2D eigenvalue weighted by molar-refractivity contribution is -0.128. The second-order valence-corrected chi connectivity index (χ2v) is 5.33. The smallest absolute Gasteiger partial charge is 0.325 e. The molecule has 1 aliphatic rings. The Morgan fingerprint density at radius 3 is 2.74 bits per heavy atom. The van der Waals surface area contributed by atoms with E-state index in [1.807, 2.05) is 25.9 Å². The molecule has 1 unspecified atom stereocenters. The summed E-state index contributed by atoms with van der Waals surface area (Å²) in [7, 11) is 3.74. The monoisotopic (exact) mass is 283 g/mol. The highest BCUT2D eigenvalue weighted by Crippen LogP contribution is 2.18. The Hall–Kier alpha value is -1.70. The van der Waals surface area contributed by atoms with Crippen molar-refractivity contribution >= 4 is 28.6 Å². The number of carbonyl (C=O) groups excluding carboxylic acids is 2. The number of imide groups is 1. The number of aromatic nitrogens is 2. The predicted octanol–water partition coefficient (Wildman–Crippen LogP) is 0.825. The standard InChI is InChI=1S/C11H17N5O2S/c1-4-5-7-9(17)16(10(18)12-7)6-8-13-11(15(2)3)19-14-8/h7H,4-6H2,1-3H3,(H,12,18). The Bertz CT molecular complexity index is 487. The molecule has 2 rings (SSSR count). The summed E-state index contributed by atoms with van der Waals surface area (Å²) in [5.74, 6) is 0.308. The van der Waals surface area contributed by atoms with E-state index in [4.69, 9.17) is 0 Å². The minimum atomic E-state index is -0.399. The second kappa shape index (κ2) is 5.52. The average Bonchev–Trinajstić information content (AvgIpc) is 2.91. The molecule has 19 heavy (non-hydrogen) atoms. The molecule has 1 fully saturated rings. The molecule has 0 bridgehead atoms. The number of hydrogen-bond acceptors (Lipinski definition) is 6. The van der Waals surface area contributed by atoms with E-state index >= 15 is 0 Å². The van der Waals surface area contributed by atoms with E-state index in [1.54, 1.807) is 0 Å². The summed E-state index contributed by atoms with van der Waals surface area (Å²) in [5.41, 5.74) is 0. The Morgan fingerprint density at radius 1 is 1.42 bits per heavy atom. The van der Waals surface area contributed by atoms with Crippen molar-refractivity contribution in [3.63, 3.8) is 0 Å². The highest BCUT2D eigenvalue weighted by molar-refractivity contribution is 7.09. The molecule has 0 aromatic carbocycles. The van der Waals surface area contributed by atoms with Crippen molar-refractivity contribution in [3.8, 4) is 0 Å². The average molecular weight is 283 g/mol.